The minimum absolute atomic E-state index is 0.0717. The van der Waals surface area contributed by atoms with Gasteiger partial charge in [0.15, 0.2) is 0 Å². The van der Waals surface area contributed by atoms with Gasteiger partial charge in [0.1, 0.15) is 5.69 Å². The van der Waals surface area contributed by atoms with E-state index in [0.717, 1.165) is 5.56 Å². The van der Waals surface area contributed by atoms with Crippen molar-refractivity contribution in [1.29, 1.82) is 0 Å². The second kappa shape index (κ2) is 4.35. The molecule has 0 aromatic heterocycles. The van der Waals surface area contributed by atoms with Crippen LogP contribution in [0.2, 0.25) is 0 Å². The molecule has 0 heterocycles. The topological polar surface area (TPSA) is 58.5 Å². The zero-order chi connectivity index (χ0) is 9.68. The van der Waals surface area contributed by atoms with Crippen LogP contribution in [0.15, 0.2) is 29.4 Å². The Bertz CT molecular complexity index is 306. The van der Waals surface area contributed by atoms with Crippen LogP contribution in [-0.4, -0.2) is 5.91 Å². The number of nitrogens with one attached hydrogen (secondary N) is 1. The van der Waals surface area contributed by atoms with Gasteiger partial charge in [-0.1, -0.05) is 12.1 Å². The maximum atomic E-state index is 10.6. The molecular formula is C9H10N2O2. The fraction of sp³-hybridized carbons (Fsp3) is 0.222. The van der Waals surface area contributed by atoms with Gasteiger partial charge in [-0.05, 0) is 22.9 Å². The quantitative estimate of drug-likeness (QED) is 0.716. The van der Waals surface area contributed by atoms with Gasteiger partial charge < -0.3 is 5.32 Å². The third kappa shape index (κ3) is 3.02. The van der Waals surface area contributed by atoms with Crippen molar-refractivity contribution in [2.24, 2.45) is 5.18 Å². The summed E-state index contributed by atoms with van der Waals surface area (Å²) in [6.45, 7) is 1.94. The fourth-order valence-corrected chi connectivity index (χ4v) is 0.901. The first-order chi connectivity index (χ1) is 6.22. The smallest absolute Gasteiger partial charge is 0.217 e. The predicted octanol–water partition coefficient (Wildman–Crippen LogP) is 1.72. The Morgan fingerprint density at radius 1 is 1.38 bits per heavy atom. The first-order valence-corrected chi connectivity index (χ1v) is 3.89. The highest BCUT2D eigenvalue weighted by Gasteiger charge is 1.95. The molecule has 0 radical (unpaired) electrons. The average Bonchev–Trinajstić information content (AvgIpc) is 2.15. The molecule has 68 valence electrons. The second-order valence-corrected chi connectivity index (χ2v) is 2.67. The number of carbonyl (C=O) groups excluding carboxylic acids is 1. The molecule has 13 heavy (non-hydrogen) atoms. The number of nitrogens with zero attached hydrogens (tertiary/aromatic N) is 1. The summed E-state index contributed by atoms with van der Waals surface area (Å²) in [5.74, 6) is -0.0717. The van der Waals surface area contributed by atoms with Crippen molar-refractivity contribution in [3.63, 3.8) is 0 Å². The van der Waals surface area contributed by atoms with Crippen molar-refractivity contribution in [2.45, 2.75) is 13.5 Å². The number of carbonyl (C=O) groups is 1. The van der Waals surface area contributed by atoms with Crippen LogP contribution in [0.25, 0.3) is 0 Å². The van der Waals surface area contributed by atoms with Crippen LogP contribution in [0.4, 0.5) is 5.69 Å². The lowest BCUT2D eigenvalue weighted by atomic mass is 10.2. The lowest BCUT2D eigenvalue weighted by Crippen LogP contribution is -2.18. The van der Waals surface area contributed by atoms with Crippen LogP contribution < -0.4 is 5.32 Å². The van der Waals surface area contributed by atoms with Crippen LogP contribution >= 0.6 is 0 Å². The van der Waals surface area contributed by atoms with Crippen LogP contribution in [0.3, 0.4) is 0 Å². The van der Waals surface area contributed by atoms with Crippen molar-refractivity contribution < 1.29 is 4.79 Å². The number of hydrogen-bond acceptors (Lipinski definition) is 3. The molecule has 1 aromatic carbocycles. The monoisotopic (exact) mass is 178 g/mol. The number of hydrogen-bond donors (Lipinski definition) is 1. The van der Waals surface area contributed by atoms with E-state index < -0.39 is 0 Å². The third-order valence-corrected chi connectivity index (χ3v) is 1.58. The van der Waals surface area contributed by atoms with Gasteiger partial charge in [0, 0.05) is 13.5 Å². The predicted molar refractivity (Wildman–Crippen MR) is 49.4 cm³/mol. The fourth-order valence-electron chi connectivity index (χ4n) is 0.901. The number of benzene rings is 1. The molecule has 1 aromatic rings. The molecule has 1 rings (SSSR count). The van der Waals surface area contributed by atoms with E-state index in [2.05, 4.69) is 10.5 Å². The normalized spacial score (nSPS) is 9.31. The highest BCUT2D eigenvalue weighted by Crippen LogP contribution is 2.11. The Labute approximate surface area is 75.9 Å². The van der Waals surface area contributed by atoms with Crippen LogP contribution in [0.5, 0.6) is 0 Å². The third-order valence-electron chi connectivity index (χ3n) is 1.58. The van der Waals surface area contributed by atoms with Crippen molar-refractivity contribution in [3.8, 4) is 0 Å². The van der Waals surface area contributed by atoms with E-state index in [-0.39, 0.29) is 5.91 Å². The van der Waals surface area contributed by atoms with Crippen molar-refractivity contribution >= 4 is 11.6 Å². The summed E-state index contributed by atoms with van der Waals surface area (Å²) in [6, 6.07) is 6.74. The van der Waals surface area contributed by atoms with Gasteiger partial charge in [0.2, 0.25) is 5.91 Å². The summed E-state index contributed by atoms with van der Waals surface area (Å²) < 4.78 is 0. The second-order valence-electron chi connectivity index (χ2n) is 2.67. The zero-order valence-corrected chi connectivity index (χ0v) is 7.28. The van der Waals surface area contributed by atoms with E-state index in [4.69, 9.17) is 0 Å². The van der Waals surface area contributed by atoms with Gasteiger partial charge in [-0.25, -0.2) is 0 Å². The van der Waals surface area contributed by atoms with Gasteiger partial charge in [0.05, 0.1) is 0 Å². The first-order valence-electron chi connectivity index (χ1n) is 3.89. The molecule has 1 amide bonds. The number of rotatable bonds is 3. The Morgan fingerprint density at radius 2 is 2.00 bits per heavy atom. The van der Waals surface area contributed by atoms with Crippen molar-refractivity contribution in [2.75, 3.05) is 0 Å². The summed E-state index contributed by atoms with van der Waals surface area (Å²) in [7, 11) is 0. The van der Waals surface area contributed by atoms with Crippen LogP contribution in [0.1, 0.15) is 12.5 Å². The lowest BCUT2D eigenvalue weighted by Gasteiger charge is -2.01. The van der Waals surface area contributed by atoms with E-state index >= 15 is 0 Å². The summed E-state index contributed by atoms with van der Waals surface area (Å²) >= 11 is 0. The molecule has 4 nitrogen and oxygen atoms in total. The molecule has 0 unspecified atom stereocenters. The molecule has 1 N–H and O–H groups in total. The minimum Gasteiger partial charge on any atom is -0.352 e. The summed E-state index contributed by atoms with van der Waals surface area (Å²) in [5.41, 5.74) is 1.34. The molecule has 0 aliphatic rings. The van der Waals surface area contributed by atoms with Gasteiger partial charge >= 0.3 is 0 Å². The largest absolute Gasteiger partial charge is 0.352 e. The van der Waals surface area contributed by atoms with E-state index in [9.17, 15) is 9.70 Å². The molecular weight excluding hydrogens is 168 g/mol. The number of nitroso groups, excluding NO2 is 1. The summed E-state index contributed by atoms with van der Waals surface area (Å²) in [4.78, 5) is 20.6. The van der Waals surface area contributed by atoms with Crippen molar-refractivity contribution in [1.82, 2.24) is 5.32 Å². The Morgan fingerprint density at radius 3 is 2.46 bits per heavy atom. The highest BCUT2D eigenvalue weighted by atomic mass is 16.3. The van der Waals surface area contributed by atoms with Crippen LogP contribution in [-0.2, 0) is 11.3 Å². The Balaban J connectivity index is 2.59. The molecule has 0 atom stereocenters. The molecule has 0 aliphatic heterocycles. The molecule has 0 fully saturated rings. The highest BCUT2D eigenvalue weighted by molar-refractivity contribution is 5.72. The molecule has 0 saturated heterocycles. The molecule has 0 spiro atoms. The number of amides is 1. The standard InChI is InChI=1S/C9H10N2O2/c1-7(12)10-6-8-2-4-9(11-13)5-3-8/h2-5H,6H2,1H3,(H,10,12). The summed E-state index contributed by atoms with van der Waals surface area (Å²) in [5, 5.41) is 5.42. The van der Waals surface area contributed by atoms with E-state index in [1.165, 1.54) is 6.92 Å². The van der Waals surface area contributed by atoms with Gasteiger partial charge in [-0.15, -0.1) is 4.91 Å². The molecule has 0 saturated carbocycles. The SMILES string of the molecule is CC(=O)NCc1ccc(N=O)cc1. The van der Waals surface area contributed by atoms with Gasteiger partial charge in [-0.3, -0.25) is 4.79 Å². The van der Waals surface area contributed by atoms with E-state index in [0.29, 0.717) is 12.2 Å². The lowest BCUT2D eigenvalue weighted by molar-refractivity contribution is -0.119. The van der Waals surface area contributed by atoms with Crippen LogP contribution in [0, 0.1) is 4.91 Å². The average molecular weight is 178 g/mol. The van der Waals surface area contributed by atoms with Gasteiger partial charge in [0.25, 0.3) is 0 Å². The maximum Gasteiger partial charge on any atom is 0.217 e. The van der Waals surface area contributed by atoms with E-state index in [1.54, 1.807) is 24.3 Å². The van der Waals surface area contributed by atoms with E-state index in [1.807, 2.05) is 0 Å². The van der Waals surface area contributed by atoms with Crippen molar-refractivity contribution in [3.05, 3.63) is 34.7 Å². The zero-order valence-electron chi connectivity index (χ0n) is 7.28. The first kappa shape index (κ1) is 9.38. The maximum absolute atomic E-state index is 10.6. The molecule has 0 aliphatic carbocycles. The molecule has 4 heteroatoms. The minimum atomic E-state index is -0.0717. The molecule has 0 bridgehead atoms. The summed E-state index contributed by atoms with van der Waals surface area (Å²) in [6.07, 6.45) is 0. The Kier molecular flexibility index (Phi) is 3.14. The Hall–Kier alpha value is -1.71. The van der Waals surface area contributed by atoms with Gasteiger partial charge in [-0.2, -0.15) is 0 Å².